The number of carbonyl (C=O) groups excluding carboxylic acids is 2. The second-order valence-corrected chi connectivity index (χ2v) is 11.2. The van der Waals surface area contributed by atoms with Crippen molar-refractivity contribution in [3.05, 3.63) is 0 Å². The van der Waals surface area contributed by atoms with Crippen molar-refractivity contribution in [3.63, 3.8) is 0 Å². The van der Waals surface area contributed by atoms with E-state index in [1.165, 1.54) is 12.8 Å². The molecule has 5 fully saturated rings. The molecule has 2 heterocycles. The molecule has 0 bridgehead atoms. The van der Waals surface area contributed by atoms with Gasteiger partial charge in [0.2, 0.25) is 5.91 Å². The first-order valence-electron chi connectivity index (χ1n) is 12.7. The quantitative estimate of drug-likeness (QED) is 0.679. The molecule has 0 aromatic carbocycles. The lowest BCUT2D eigenvalue weighted by Crippen LogP contribution is -2.59. The summed E-state index contributed by atoms with van der Waals surface area (Å²) >= 11 is 0. The summed E-state index contributed by atoms with van der Waals surface area (Å²) < 4.78 is 15.3. The van der Waals surface area contributed by atoms with Crippen molar-refractivity contribution in [1.82, 2.24) is 20.0 Å². The van der Waals surface area contributed by atoms with Gasteiger partial charge >= 0.3 is 0 Å². The number of piperazine rings is 1. The normalized spacial score (nSPS) is 41.9. The van der Waals surface area contributed by atoms with Gasteiger partial charge in [0, 0.05) is 44.4 Å². The van der Waals surface area contributed by atoms with E-state index in [0.717, 1.165) is 19.5 Å². The molecule has 7 nitrogen and oxygen atoms in total. The number of rotatable bonds is 3. The molecule has 6 unspecified atom stereocenters. The first-order chi connectivity index (χ1) is 15.3. The summed E-state index contributed by atoms with van der Waals surface area (Å²) in [6.07, 6.45) is 5.55. The van der Waals surface area contributed by atoms with Crippen LogP contribution in [0.2, 0.25) is 0 Å². The van der Waals surface area contributed by atoms with Gasteiger partial charge in [-0.25, -0.2) is 4.39 Å². The third-order valence-corrected chi connectivity index (χ3v) is 9.14. The SMILES string of the molecule is C[C@H]1CN(C(=O)C2CCC(C3CCC4C(C3)NCN4C)CC2F)CCN1C(=O)C1(O)CC1. The van der Waals surface area contributed by atoms with Gasteiger partial charge in [-0.2, -0.15) is 0 Å². The molecular weight excluding hydrogens is 411 g/mol. The molecule has 8 heteroatoms. The predicted molar refractivity (Wildman–Crippen MR) is 118 cm³/mol. The third-order valence-electron chi connectivity index (χ3n) is 9.14. The summed E-state index contributed by atoms with van der Waals surface area (Å²) in [6.45, 7) is 4.15. The number of halogens is 1. The highest BCUT2D eigenvalue weighted by Crippen LogP contribution is 2.43. The summed E-state index contributed by atoms with van der Waals surface area (Å²) in [5, 5.41) is 13.8. The average molecular weight is 451 g/mol. The number of likely N-dealkylation sites (N-methyl/N-ethyl adjacent to an activating group) is 1. The fraction of sp³-hybridized carbons (Fsp3) is 0.917. The third kappa shape index (κ3) is 4.07. The maximum atomic E-state index is 15.3. The van der Waals surface area contributed by atoms with Crippen LogP contribution in [0.15, 0.2) is 0 Å². The van der Waals surface area contributed by atoms with E-state index in [0.29, 0.717) is 69.2 Å². The van der Waals surface area contributed by atoms with E-state index in [-0.39, 0.29) is 17.9 Å². The maximum absolute atomic E-state index is 15.3. The molecule has 2 aliphatic heterocycles. The number of carbonyl (C=O) groups is 2. The van der Waals surface area contributed by atoms with E-state index in [1.54, 1.807) is 9.80 Å². The van der Waals surface area contributed by atoms with Crippen LogP contribution in [0.25, 0.3) is 0 Å². The fourth-order valence-electron chi connectivity index (χ4n) is 6.89. The van der Waals surface area contributed by atoms with E-state index in [2.05, 4.69) is 17.3 Å². The van der Waals surface area contributed by atoms with Crippen LogP contribution >= 0.6 is 0 Å². The van der Waals surface area contributed by atoms with Crippen molar-refractivity contribution in [2.45, 2.75) is 88.2 Å². The minimum Gasteiger partial charge on any atom is -0.380 e. The molecule has 0 radical (unpaired) electrons. The van der Waals surface area contributed by atoms with Gasteiger partial charge in [-0.05, 0) is 77.2 Å². The van der Waals surface area contributed by atoms with Crippen LogP contribution in [0.5, 0.6) is 0 Å². The number of fused-ring (bicyclic) bond motifs is 1. The van der Waals surface area contributed by atoms with Crippen LogP contribution in [0.4, 0.5) is 4.39 Å². The van der Waals surface area contributed by atoms with Gasteiger partial charge in [-0.15, -0.1) is 0 Å². The second kappa shape index (κ2) is 8.51. The molecule has 32 heavy (non-hydrogen) atoms. The maximum Gasteiger partial charge on any atom is 0.254 e. The monoisotopic (exact) mass is 450 g/mol. The first-order valence-corrected chi connectivity index (χ1v) is 12.7. The van der Waals surface area contributed by atoms with Gasteiger partial charge in [-0.3, -0.25) is 19.8 Å². The van der Waals surface area contributed by atoms with E-state index < -0.39 is 17.7 Å². The number of alkyl halides is 1. The van der Waals surface area contributed by atoms with Crippen molar-refractivity contribution >= 4 is 11.8 Å². The standard InChI is InChI=1S/C24H39FN4O3/c1-15-13-28(9-10-29(15)23(31)24(32)7-8-24)22(30)18-5-3-16(11-19(18)25)17-4-6-21-20(12-17)26-14-27(21)2/h15-21,26,32H,3-14H2,1-2H3/t15-,16?,17?,18?,19?,20?,21?/m0/s1. The van der Waals surface area contributed by atoms with E-state index in [4.69, 9.17) is 0 Å². The van der Waals surface area contributed by atoms with Crippen molar-refractivity contribution in [1.29, 1.82) is 0 Å². The Morgan fingerprint density at radius 2 is 1.78 bits per heavy atom. The zero-order chi connectivity index (χ0) is 22.6. The molecule has 0 aromatic rings. The van der Waals surface area contributed by atoms with Crippen molar-refractivity contribution in [3.8, 4) is 0 Å². The smallest absolute Gasteiger partial charge is 0.254 e. The average Bonchev–Trinajstić information content (AvgIpc) is 3.44. The van der Waals surface area contributed by atoms with Crippen LogP contribution in [0, 0.1) is 17.8 Å². The van der Waals surface area contributed by atoms with Crippen LogP contribution in [-0.2, 0) is 9.59 Å². The summed E-state index contributed by atoms with van der Waals surface area (Å²) in [6, 6.07) is 1.01. The molecule has 0 aromatic heterocycles. The minimum atomic E-state index is -1.18. The van der Waals surface area contributed by atoms with Crippen LogP contribution in [-0.4, -0.2) is 94.9 Å². The number of nitrogens with zero attached hydrogens (tertiary/aromatic N) is 3. The zero-order valence-corrected chi connectivity index (χ0v) is 19.5. The highest BCUT2D eigenvalue weighted by molar-refractivity contribution is 5.88. The second-order valence-electron chi connectivity index (χ2n) is 11.2. The number of aliphatic hydroxyl groups is 1. The molecule has 7 atom stereocenters. The van der Waals surface area contributed by atoms with E-state index >= 15 is 4.39 Å². The Hall–Kier alpha value is -1.25. The van der Waals surface area contributed by atoms with Gasteiger partial charge in [0.15, 0.2) is 0 Å². The Labute approximate surface area is 190 Å². The molecule has 5 aliphatic rings. The molecule has 2 amide bonds. The largest absolute Gasteiger partial charge is 0.380 e. The van der Waals surface area contributed by atoms with E-state index in [1.807, 2.05) is 6.92 Å². The van der Waals surface area contributed by atoms with Crippen LogP contribution in [0.1, 0.15) is 58.3 Å². The number of hydrogen-bond acceptors (Lipinski definition) is 5. The lowest BCUT2D eigenvalue weighted by molar-refractivity contribution is -0.153. The van der Waals surface area contributed by atoms with Crippen LogP contribution < -0.4 is 5.32 Å². The van der Waals surface area contributed by atoms with Gasteiger partial charge in [-0.1, -0.05) is 0 Å². The van der Waals surface area contributed by atoms with Gasteiger partial charge in [0.25, 0.3) is 5.91 Å². The summed E-state index contributed by atoms with van der Waals surface area (Å²) in [5.41, 5.74) is -1.18. The van der Waals surface area contributed by atoms with Crippen LogP contribution in [0.3, 0.4) is 0 Å². The van der Waals surface area contributed by atoms with Gasteiger partial charge in [0.05, 0.1) is 5.92 Å². The Balaban J connectivity index is 1.13. The Bertz CT molecular complexity index is 747. The number of nitrogens with one attached hydrogen (secondary N) is 1. The zero-order valence-electron chi connectivity index (χ0n) is 19.5. The fourth-order valence-corrected chi connectivity index (χ4v) is 6.89. The first kappa shape index (κ1) is 22.5. The topological polar surface area (TPSA) is 76.1 Å². The summed E-state index contributed by atoms with van der Waals surface area (Å²) in [7, 11) is 2.18. The minimum absolute atomic E-state index is 0.0807. The molecule has 0 spiro atoms. The number of hydrogen-bond donors (Lipinski definition) is 2. The summed E-state index contributed by atoms with van der Waals surface area (Å²) in [4.78, 5) is 31.5. The Morgan fingerprint density at radius 3 is 2.47 bits per heavy atom. The van der Waals surface area contributed by atoms with Crippen molar-refractivity contribution in [2.75, 3.05) is 33.4 Å². The van der Waals surface area contributed by atoms with Gasteiger partial charge in [0.1, 0.15) is 11.8 Å². The van der Waals surface area contributed by atoms with Crippen molar-refractivity contribution in [2.24, 2.45) is 17.8 Å². The van der Waals surface area contributed by atoms with Crippen molar-refractivity contribution < 1.29 is 19.1 Å². The lowest BCUT2D eigenvalue weighted by Gasteiger charge is -2.44. The highest BCUT2D eigenvalue weighted by atomic mass is 19.1. The molecule has 2 N–H and O–H groups in total. The molecule has 5 rings (SSSR count). The molecule has 3 saturated carbocycles. The summed E-state index contributed by atoms with van der Waals surface area (Å²) in [5.74, 6) is 0.115. The molecular formula is C24H39FN4O3. The highest BCUT2D eigenvalue weighted by Gasteiger charge is 2.52. The lowest BCUT2D eigenvalue weighted by atomic mass is 9.68. The molecule has 3 aliphatic carbocycles. The van der Waals surface area contributed by atoms with E-state index in [9.17, 15) is 14.7 Å². The Kier molecular flexibility index (Phi) is 5.99. The molecule has 2 saturated heterocycles. The number of amides is 2. The molecule has 180 valence electrons. The Morgan fingerprint density at radius 1 is 1.06 bits per heavy atom. The van der Waals surface area contributed by atoms with Gasteiger partial charge < -0.3 is 14.9 Å². The predicted octanol–water partition coefficient (Wildman–Crippen LogP) is 1.35.